The van der Waals surface area contributed by atoms with Gasteiger partial charge in [-0.2, -0.15) is 0 Å². The first kappa shape index (κ1) is 13.2. The second kappa shape index (κ2) is 6.09. The molecule has 2 aliphatic rings. The fraction of sp³-hybridized carbons (Fsp3) is 0.667. The summed E-state index contributed by atoms with van der Waals surface area (Å²) in [7, 11) is 0. The average Bonchev–Trinajstić information content (AvgIpc) is 3.12. The van der Waals surface area contributed by atoms with E-state index in [1.807, 2.05) is 0 Å². The zero-order valence-electron chi connectivity index (χ0n) is 12.3. The van der Waals surface area contributed by atoms with E-state index in [9.17, 15) is 0 Å². The fourth-order valence-corrected chi connectivity index (χ4v) is 3.16. The Morgan fingerprint density at radius 2 is 2.00 bits per heavy atom. The molecule has 2 aliphatic carbocycles. The van der Waals surface area contributed by atoms with Gasteiger partial charge < -0.3 is 5.32 Å². The van der Waals surface area contributed by atoms with E-state index in [-0.39, 0.29) is 0 Å². The molecule has 1 fully saturated rings. The van der Waals surface area contributed by atoms with Crippen LogP contribution in [-0.2, 0) is 19.3 Å². The molecule has 0 aromatic heterocycles. The van der Waals surface area contributed by atoms with E-state index in [1.165, 1.54) is 57.9 Å². The number of nitrogens with one attached hydrogen (secondary N) is 1. The molecule has 0 aliphatic heterocycles. The van der Waals surface area contributed by atoms with Gasteiger partial charge in [-0.15, -0.1) is 0 Å². The van der Waals surface area contributed by atoms with Gasteiger partial charge in [-0.1, -0.05) is 25.1 Å². The lowest BCUT2D eigenvalue weighted by atomic mass is 9.96. The lowest BCUT2D eigenvalue weighted by molar-refractivity contribution is 0.469. The van der Waals surface area contributed by atoms with Crippen molar-refractivity contribution in [2.45, 2.75) is 64.3 Å². The van der Waals surface area contributed by atoms with Crippen LogP contribution in [0.3, 0.4) is 0 Å². The summed E-state index contributed by atoms with van der Waals surface area (Å²) < 4.78 is 0. The Morgan fingerprint density at radius 3 is 2.84 bits per heavy atom. The molecule has 1 saturated carbocycles. The Morgan fingerprint density at radius 1 is 1.16 bits per heavy atom. The van der Waals surface area contributed by atoms with E-state index in [0.717, 1.165) is 12.0 Å². The number of fused-ring (bicyclic) bond motifs is 1. The summed E-state index contributed by atoms with van der Waals surface area (Å²) in [5, 5.41) is 3.62. The molecule has 3 rings (SSSR count). The third kappa shape index (κ3) is 3.82. The van der Waals surface area contributed by atoms with Crippen LogP contribution in [0.5, 0.6) is 0 Å². The van der Waals surface area contributed by atoms with Gasteiger partial charge in [0.1, 0.15) is 0 Å². The number of aryl methyl sites for hydroxylation is 3. The first-order chi connectivity index (χ1) is 9.31. The standard InChI is InChI=1S/C18H27N/c1-14(11-12-19-18-9-10-18)5-6-15-7-8-16-3-2-4-17(16)13-15/h7-8,13-14,18-19H,2-6,9-12H2,1H3. The van der Waals surface area contributed by atoms with Crippen molar-refractivity contribution in [1.29, 1.82) is 0 Å². The van der Waals surface area contributed by atoms with Crippen LogP contribution in [0.25, 0.3) is 0 Å². The van der Waals surface area contributed by atoms with Crippen LogP contribution in [0.2, 0.25) is 0 Å². The lowest BCUT2D eigenvalue weighted by Crippen LogP contribution is -2.19. The molecule has 104 valence electrons. The highest BCUT2D eigenvalue weighted by atomic mass is 14.9. The smallest absolute Gasteiger partial charge is 0.00682 e. The van der Waals surface area contributed by atoms with E-state index in [2.05, 4.69) is 30.4 Å². The molecule has 1 atom stereocenters. The molecular formula is C18H27N. The number of hydrogen-bond acceptors (Lipinski definition) is 1. The van der Waals surface area contributed by atoms with E-state index < -0.39 is 0 Å². The van der Waals surface area contributed by atoms with Crippen LogP contribution in [-0.4, -0.2) is 12.6 Å². The van der Waals surface area contributed by atoms with Gasteiger partial charge in [0.15, 0.2) is 0 Å². The van der Waals surface area contributed by atoms with E-state index in [4.69, 9.17) is 0 Å². The van der Waals surface area contributed by atoms with E-state index in [0.29, 0.717) is 0 Å². The molecular weight excluding hydrogens is 230 g/mol. The van der Waals surface area contributed by atoms with Crippen LogP contribution in [0.15, 0.2) is 18.2 Å². The van der Waals surface area contributed by atoms with Crippen LogP contribution >= 0.6 is 0 Å². The minimum Gasteiger partial charge on any atom is -0.314 e. The summed E-state index contributed by atoms with van der Waals surface area (Å²) in [6.07, 6.45) is 10.7. The largest absolute Gasteiger partial charge is 0.314 e. The van der Waals surface area contributed by atoms with Crippen molar-refractivity contribution in [1.82, 2.24) is 5.32 Å². The quantitative estimate of drug-likeness (QED) is 0.781. The molecule has 1 aromatic carbocycles. The third-order valence-electron chi connectivity index (χ3n) is 4.74. The summed E-state index contributed by atoms with van der Waals surface area (Å²) in [6, 6.07) is 8.07. The highest BCUT2D eigenvalue weighted by Crippen LogP contribution is 2.24. The maximum Gasteiger partial charge on any atom is 0.00682 e. The van der Waals surface area contributed by atoms with Crippen molar-refractivity contribution in [3.05, 3.63) is 34.9 Å². The minimum atomic E-state index is 0.847. The SMILES string of the molecule is CC(CCNC1CC1)CCc1ccc2c(c1)CCC2. The fourth-order valence-electron chi connectivity index (χ4n) is 3.16. The summed E-state index contributed by atoms with van der Waals surface area (Å²) in [5.41, 5.74) is 4.79. The summed E-state index contributed by atoms with van der Waals surface area (Å²) in [6.45, 7) is 3.62. The summed E-state index contributed by atoms with van der Waals surface area (Å²) in [5.74, 6) is 0.847. The predicted molar refractivity (Wildman–Crippen MR) is 81.6 cm³/mol. The Bertz CT molecular complexity index is 420. The number of rotatable bonds is 7. The zero-order valence-corrected chi connectivity index (χ0v) is 12.3. The molecule has 0 amide bonds. The van der Waals surface area contributed by atoms with Gasteiger partial charge >= 0.3 is 0 Å². The Hall–Kier alpha value is -0.820. The van der Waals surface area contributed by atoms with Crippen molar-refractivity contribution in [2.24, 2.45) is 5.92 Å². The summed E-state index contributed by atoms with van der Waals surface area (Å²) in [4.78, 5) is 0. The van der Waals surface area contributed by atoms with E-state index >= 15 is 0 Å². The molecule has 19 heavy (non-hydrogen) atoms. The third-order valence-corrected chi connectivity index (χ3v) is 4.74. The first-order valence-electron chi connectivity index (χ1n) is 8.15. The molecule has 1 nitrogen and oxygen atoms in total. The van der Waals surface area contributed by atoms with Gasteiger partial charge in [0, 0.05) is 6.04 Å². The monoisotopic (exact) mass is 257 g/mol. The maximum atomic E-state index is 3.62. The van der Waals surface area contributed by atoms with Crippen molar-refractivity contribution in [3.63, 3.8) is 0 Å². The molecule has 1 aromatic rings. The molecule has 0 heterocycles. The normalized spacial score (nSPS) is 19.4. The molecule has 0 saturated heterocycles. The van der Waals surface area contributed by atoms with Crippen molar-refractivity contribution < 1.29 is 0 Å². The van der Waals surface area contributed by atoms with Gasteiger partial charge in [-0.05, 0) is 80.5 Å². The van der Waals surface area contributed by atoms with Gasteiger partial charge in [-0.3, -0.25) is 0 Å². The molecule has 1 N–H and O–H groups in total. The van der Waals surface area contributed by atoms with Crippen LogP contribution in [0, 0.1) is 5.92 Å². The van der Waals surface area contributed by atoms with Gasteiger partial charge in [0.05, 0.1) is 0 Å². The Balaban J connectivity index is 1.40. The number of hydrogen-bond donors (Lipinski definition) is 1. The van der Waals surface area contributed by atoms with Gasteiger partial charge in [0.2, 0.25) is 0 Å². The minimum absolute atomic E-state index is 0.847. The highest BCUT2D eigenvalue weighted by molar-refractivity contribution is 5.35. The molecule has 0 bridgehead atoms. The summed E-state index contributed by atoms with van der Waals surface area (Å²) >= 11 is 0. The predicted octanol–water partition coefficient (Wildman–Crippen LogP) is 3.89. The van der Waals surface area contributed by atoms with Crippen molar-refractivity contribution in [2.75, 3.05) is 6.54 Å². The number of benzene rings is 1. The zero-order chi connectivity index (χ0) is 13.1. The molecule has 0 spiro atoms. The van der Waals surface area contributed by atoms with Crippen molar-refractivity contribution >= 4 is 0 Å². The second-order valence-corrected chi connectivity index (χ2v) is 6.62. The van der Waals surface area contributed by atoms with Gasteiger partial charge in [0.25, 0.3) is 0 Å². The maximum absolute atomic E-state index is 3.62. The van der Waals surface area contributed by atoms with Crippen LogP contribution in [0.4, 0.5) is 0 Å². The molecule has 0 radical (unpaired) electrons. The highest BCUT2D eigenvalue weighted by Gasteiger charge is 2.19. The van der Waals surface area contributed by atoms with Crippen LogP contribution in [0.1, 0.15) is 55.7 Å². The van der Waals surface area contributed by atoms with E-state index in [1.54, 1.807) is 16.7 Å². The Labute approximate surface area is 117 Å². The Kier molecular flexibility index (Phi) is 4.22. The van der Waals surface area contributed by atoms with Gasteiger partial charge in [-0.25, -0.2) is 0 Å². The molecule has 1 heteroatoms. The van der Waals surface area contributed by atoms with Crippen LogP contribution < -0.4 is 5.32 Å². The second-order valence-electron chi connectivity index (χ2n) is 6.62. The topological polar surface area (TPSA) is 12.0 Å². The lowest BCUT2D eigenvalue weighted by Gasteiger charge is -2.12. The average molecular weight is 257 g/mol. The van der Waals surface area contributed by atoms with Crippen molar-refractivity contribution in [3.8, 4) is 0 Å². The first-order valence-corrected chi connectivity index (χ1v) is 8.15. The molecule has 1 unspecified atom stereocenters.